The third-order valence-electron chi connectivity index (χ3n) is 3.47. The summed E-state index contributed by atoms with van der Waals surface area (Å²) in [6, 6.07) is 20.8. The molecule has 2 aromatic carbocycles. The van der Waals surface area contributed by atoms with E-state index in [9.17, 15) is 4.79 Å². The van der Waals surface area contributed by atoms with Crippen LogP contribution in [-0.2, 0) is 4.79 Å². The van der Waals surface area contributed by atoms with Gasteiger partial charge in [0.25, 0.3) is 0 Å². The third kappa shape index (κ3) is 3.45. The Morgan fingerprint density at radius 3 is 1.80 bits per heavy atom. The van der Waals surface area contributed by atoms with Crippen molar-refractivity contribution >= 4 is 17.4 Å². The maximum absolute atomic E-state index is 10.8. The van der Waals surface area contributed by atoms with Crippen LogP contribution in [-0.4, -0.2) is 6.29 Å². The van der Waals surface area contributed by atoms with Crippen LogP contribution in [0.3, 0.4) is 0 Å². The molecule has 0 aliphatic carbocycles. The lowest BCUT2D eigenvalue weighted by atomic mass is 9.90. The van der Waals surface area contributed by atoms with Gasteiger partial charge in [0.15, 0.2) is 0 Å². The molecule has 0 radical (unpaired) electrons. The van der Waals surface area contributed by atoms with E-state index in [1.165, 1.54) is 22.3 Å². The molecule has 0 fully saturated rings. The van der Waals surface area contributed by atoms with Gasteiger partial charge in [-0.1, -0.05) is 67.6 Å². The molecule has 0 heterocycles. The summed E-state index contributed by atoms with van der Waals surface area (Å²) in [7, 11) is 0. The minimum absolute atomic E-state index is 0.570. The van der Waals surface area contributed by atoms with Crippen LogP contribution in [0.4, 0.5) is 0 Å². The van der Waals surface area contributed by atoms with Crippen molar-refractivity contribution in [3.05, 3.63) is 71.8 Å². The molecule has 0 spiro atoms. The second-order valence-corrected chi connectivity index (χ2v) is 4.75. The normalized spacial score (nSPS) is 11.8. The summed E-state index contributed by atoms with van der Waals surface area (Å²) >= 11 is 0. The Balaban J connectivity index is 2.51. The van der Waals surface area contributed by atoms with Gasteiger partial charge in [0.2, 0.25) is 0 Å². The predicted octanol–water partition coefficient (Wildman–Crippen LogP) is 4.99. The average Bonchev–Trinajstić information content (AvgIpc) is 2.53. The minimum atomic E-state index is 0.570. The van der Waals surface area contributed by atoms with Crippen molar-refractivity contribution in [3.8, 4) is 0 Å². The third-order valence-corrected chi connectivity index (χ3v) is 3.47. The zero-order valence-electron chi connectivity index (χ0n) is 11.9. The summed E-state index contributed by atoms with van der Waals surface area (Å²) in [5.74, 6) is 0. The lowest BCUT2D eigenvalue weighted by molar-refractivity contribution is -0.107. The van der Waals surface area contributed by atoms with Crippen LogP contribution < -0.4 is 0 Å². The number of carbonyl (C=O) groups excluding carboxylic acids is 1. The zero-order chi connectivity index (χ0) is 14.2. The first-order valence-electron chi connectivity index (χ1n) is 7.13. The number of hydrogen-bond acceptors (Lipinski definition) is 1. The van der Waals surface area contributed by atoms with Gasteiger partial charge >= 0.3 is 0 Å². The van der Waals surface area contributed by atoms with Crippen molar-refractivity contribution in [3.63, 3.8) is 0 Å². The molecule has 0 amide bonds. The summed E-state index contributed by atoms with van der Waals surface area (Å²) in [5, 5.41) is 0. The van der Waals surface area contributed by atoms with Crippen molar-refractivity contribution in [2.75, 3.05) is 0 Å². The minimum Gasteiger partial charge on any atom is -0.303 e. The van der Waals surface area contributed by atoms with E-state index in [1.54, 1.807) is 0 Å². The van der Waals surface area contributed by atoms with E-state index in [1.807, 2.05) is 12.1 Å². The highest BCUT2D eigenvalue weighted by atomic mass is 16.1. The van der Waals surface area contributed by atoms with Crippen molar-refractivity contribution < 1.29 is 4.79 Å². The zero-order valence-corrected chi connectivity index (χ0v) is 11.9. The molecule has 2 rings (SSSR count). The fraction of sp³-hybridized carbons (Fsp3) is 0.211. The Morgan fingerprint density at radius 2 is 1.35 bits per heavy atom. The molecular formula is C19H20O. The Labute approximate surface area is 121 Å². The topological polar surface area (TPSA) is 17.1 Å². The number of hydrogen-bond donors (Lipinski definition) is 0. The summed E-state index contributed by atoms with van der Waals surface area (Å²) < 4.78 is 0. The summed E-state index contributed by atoms with van der Waals surface area (Å²) in [5.41, 5.74) is 5.08. The number of aldehydes is 1. The number of benzene rings is 2. The van der Waals surface area contributed by atoms with E-state index in [4.69, 9.17) is 0 Å². The highest BCUT2D eigenvalue weighted by Crippen LogP contribution is 2.31. The van der Waals surface area contributed by atoms with E-state index in [2.05, 4.69) is 55.5 Å². The lowest BCUT2D eigenvalue weighted by Crippen LogP contribution is -1.93. The standard InChI is InChI=1S/C19H20O/c1-2-18(16-10-5-3-6-11-16)19(14-9-15-20)17-12-7-4-8-13-17/h3-8,10-13,15H,2,9,14H2,1H3/b19-18-. The summed E-state index contributed by atoms with van der Waals surface area (Å²) in [4.78, 5) is 10.8. The molecule has 2 aromatic rings. The Kier molecular flexibility index (Phi) is 5.31. The second kappa shape index (κ2) is 7.44. The Bertz CT molecular complexity index is 567. The predicted molar refractivity (Wildman–Crippen MR) is 85.3 cm³/mol. The molecule has 0 atom stereocenters. The van der Waals surface area contributed by atoms with E-state index < -0.39 is 0 Å². The van der Waals surface area contributed by atoms with Gasteiger partial charge in [-0.15, -0.1) is 0 Å². The van der Waals surface area contributed by atoms with E-state index in [0.29, 0.717) is 6.42 Å². The maximum Gasteiger partial charge on any atom is 0.120 e. The fourth-order valence-corrected chi connectivity index (χ4v) is 2.54. The molecule has 0 aromatic heterocycles. The van der Waals surface area contributed by atoms with Crippen LogP contribution in [0, 0.1) is 0 Å². The highest BCUT2D eigenvalue weighted by molar-refractivity contribution is 5.91. The Morgan fingerprint density at radius 1 is 0.850 bits per heavy atom. The molecule has 0 saturated carbocycles. The van der Waals surface area contributed by atoms with Crippen LogP contribution >= 0.6 is 0 Å². The van der Waals surface area contributed by atoms with Gasteiger partial charge in [-0.2, -0.15) is 0 Å². The van der Waals surface area contributed by atoms with Gasteiger partial charge in [-0.3, -0.25) is 0 Å². The first-order chi connectivity index (χ1) is 9.86. The van der Waals surface area contributed by atoms with Crippen molar-refractivity contribution in [2.24, 2.45) is 0 Å². The SMILES string of the molecule is CC/C(=C(\CCC=O)c1ccccc1)c1ccccc1. The molecule has 1 nitrogen and oxygen atoms in total. The van der Waals surface area contributed by atoms with Crippen LogP contribution in [0.5, 0.6) is 0 Å². The van der Waals surface area contributed by atoms with Gasteiger partial charge in [0, 0.05) is 6.42 Å². The van der Waals surface area contributed by atoms with Gasteiger partial charge in [0.05, 0.1) is 0 Å². The van der Waals surface area contributed by atoms with Gasteiger partial charge < -0.3 is 4.79 Å². The summed E-state index contributed by atoms with van der Waals surface area (Å²) in [6.07, 6.45) is 3.33. The average molecular weight is 264 g/mol. The largest absolute Gasteiger partial charge is 0.303 e. The number of allylic oxidation sites excluding steroid dienone is 2. The molecule has 102 valence electrons. The van der Waals surface area contributed by atoms with Gasteiger partial charge in [-0.05, 0) is 35.1 Å². The maximum atomic E-state index is 10.8. The van der Waals surface area contributed by atoms with E-state index >= 15 is 0 Å². The molecule has 1 heteroatoms. The molecule has 0 N–H and O–H groups in total. The van der Waals surface area contributed by atoms with Crippen molar-refractivity contribution in [2.45, 2.75) is 26.2 Å². The molecular weight excluding hydrogens is 244 g/mol. The quantitative estimate of drug-likeness (QED) is 0.531. The molecule has 0 saturated heterocycles. The lowest BCUT2D eigenvalue weighted by Gasteiger charge is -2.14. The highest BCUT2D eigenvalue weighted by Gasteiger charge is 2.09. The molecule has 0 aliphatic rings. The molecule has 0 aliphatic heterocycles. The van der Waals surface area contributed by atoms with Crippen molar-refractivity contribution in [1.82, 2.24) is 0 Å². The molecule has 20 heavy (non-hydrogen) atoms. The van der Waals surface area contributed by atoms with Crippen LogP contribution in [0.25, 0.3) is 11.1 Å². The van der Waals surface area contributed by atoms with E-state index in [-0.39, 0.29) is 0 Å². The first-order valence-corrected chi connectivity index (χ1v) is 7.13. The van der Waals surface area contributed by atoms with Crippen LogP contribution in [0.15, 0.2) is 60.7 Å². The van der Waals surface area contributed by atoms with Crippen LogP contribution in [0.2, 0.25) is 0 Å². The molecule has 0 bridgehead atoms. The fourth-order valence-electron chi connectivity index (χ4n) is 2.54. The Hall–Kier alpha value is -2.15. The second-order valence-electron chi connectivity index (χ2n) is 4.75. The van der Waals surface area contributed by atoms with Gasteiger partial charge in [-0.25, -0.2) is 0 Å². The van der Waals surface area contributed by atoms with Crippen LogP contribution in [0.1, 0.15) is 37.3 Å². The number of carbonyl (C=O) groups is 1. The number of rotatable bonds is 6. The molecule has 0 unspecified atom stereocenters. The summed E-state index contributed by atoms with van der Waals surface area (Å²) in [6.45, 7) is 2.17. The van der Waals surface area contributed by atoms with E-state index in [0.717, 1.165) is 19.1 Å². The monoisotopic (exact) mass is 264 g/mol. The smallest absolute Gasteiger partial charge is 0.120 e. The van der Waals surface area contributed by atoms with Gasteiger partial charge in [0.1, 0.15) is 6.29 Å². The van der Waals surface area contributed by atoms with Crippen molar-refractivity contribution in [1.29, 1.82) is 0 Å². The first kappa shape index (κ1) is 14.3.